The maximum Gasteiger partial charge on any atom is 0.232 e. The van der Waals surface area contributed by atoms with Gasteiger partial charge in [-0.15, -0.1) is 0 Å². The lowest BCUT2D eigenvalue weighted by Crippen LogP contribution is -2.54. The summed E-state index contributed by atoms with van der Waals surface area (Å²) >= 11 is 0. The average Bonchev–Trinajstić information content (AvgIpc) is 3.19. The van der Waals surface area contributed by atoms with Crippen molar-refractivity contribution in [3.63, 3.8) is 0 Å². The van der Waals surface area contributed by atoms with Crippen molar-refractivity contribution in [2.24, 2.45) is 5.41 Å². The molecule has 0 saturated carbocycles. The SMILES string of the molecule is COCC1(C(=O)N2CCCC(N3CCCC3)C2)CCNC1. The Hall–Kier alpha value is -0.650. The van der Waals surface area contributed by atoms with Crippen LogP contribution in [0.4, 0.5) is 0 Å². The molecule has 0 aromatic heterocycles. The van der Waals surface area contributed by atoms with Crippen molar-refractivity contribution in [1.29, 1.82) is 0 Å². The minimum Gasteiger partial charge on any atom is -0.384 e. The fraction of sp³-hybridized carbons (Fsp3) is 0.938. The smallest absolute Gasteiger partial charge is 0.232 e. The quantitative estimate of drug-likeness (QED) is 0.829. The summed E-state index contributed by atoms with van der Waals surface area (Å²) in [6.07, 6.45) is 5.94. The van der Waals surface area contributed by atoms with Crippen molar-refractivity contribution in [2.75, 3.05) is 53.0 Å². The summed E-state index contributed by atoms with van der Waals surface area (Å²) in [5.41, 5.74) is -0.318. The monoisotopic (exact) mass is 295 g/mol. The zero-order chi connectivity index (χ0) is 14.7. The number of ether oxygens (including phenoxy) is 1. The number of nitrogens with zero attached hydrogens (tertiary/aromatic N) is 2. The molecule has 0 radical (unpaired) electrons. The number of amides is 1. The number of rotatable bonds is 4. The van der Waals surface area contributed by atoms with Gasteiger partial charge in [0.25, 0.3) is 0 Å². The number of carbonyl (C=O) groups is 1. The largest absolute Gasteiger partial charge is 0.384 e. The van der Waals surface area contributed by atoms with E-state index in [0.29, 0.717) is 18.6 Å². The van der Waals surface area contributed by atoms with Crippen molar-refractivity contribution >= 4 is 5.91 Å². The van der Waals surface area contributed by atoms with Crippen molar-refractivity contribution in [3.05, 3.63) is 0 Å². The van der Waals surface area contributed by atoms with Crippen LogP contribution in [-0.4, -0.2) is 74.7 Å². The number of nitrogens with one attached hydrogen (secondary N) is 1. The highest BCUT2D eigenvalue weighted by molar-refractivity contribution is 5.83. The first-order valence-electron chi connectivity index (χ1n) is 8.48. The van der Waals surface area contributed by atoms with Gasteiger partial charge in [-0.2, -0.15) is 0 Å². The third-order valence-corrected chi connectivity index (χ3v) is 5.46. The molecule has 1 N–H and O–H groups in total. The van der Waals surface area contributed by atoms with Crippen molar-refractivity contribution in [1.82, 2.24) is 15.1 Å². The van der Waals surface area contributed by atoms with Crippen LogP contribution in [0.25, 0.3) is 0 Å². The molecule has 1 amide bonds. The van der Waals surface area contributed by atoms with Crippen LogP contribution in [0.2, 0.25) is 0 Å². The van der Waals surface area contributed by atoms with E-state index in [9.17, 15) is 4.79 Å². The number of methoxy groups -OCH3 is 1. The van der Waals surface area contributed by atoms with E-state index in [1.54, 1.807) is 7.11 Å². The lowest BCUT2D eigenvalue weighted by atomic mass is 9.85. The van der Waals surface area contributed by atoms with Gasteiger partial charge in [-0.1, -0.05) is 0 Å². The lowest BCUT2D eigenvalue weighted by Gasteiger charge is -2.41. The summed E-state index contributed by atoms with van der Waals surface area (Å²) in [7, 11) is 1.70. The van der Waals surface area contributed by atoms with Gasteiger partial charge in [0, 0.05) is 32.8 Å². The molecule has 21 heavy (non-hydrogen) atoms. The molecule has 0 spiro atoms. The average molecular weight is 295 g/mol. The Kier molecular flexibility index (Phi) is 4.82. The first kappa shape index (κ1) is 15.3. The molecule has 0 aliphatic carbocycles. The molecule has 3 rings (SSSR count). The van der Waals surface area contributed by atoms with E-state index < -0.39 is 0 Å². The predicted molar refractivity (Wildman–Crippen MR) is 82.2 cm³/mol. The predicted octanol–water partition coefficient (Wildman–Crippen LogP) is 0.699. The molecule has 5 nitrogen and oxygen atoms in total. The van der Waals surface area contributed by atoms with Gasteiger partial charge in [0.05, 0.1) is 12.0 Å². The van der Waals surface area contributed by atoms with Gasteiger partial charge in [0.1, 0.15) is 0 Å². The molecule has 3 heterocycles. The van der Waals surface area contributed by atoms with E-state index in [2.05, 4.69) is 15.1 Å². The van der Waals surface area contributed by atoms with Gasteiger partial charge in [-0.3, -0.25) is 9.69 Å². The third kappa shape index (κ3) is 3.10. The van der Waals surface area contributed by atoms with Gasteiger partial charge in [-0.25, -0.2) is 0 Å². The molecule has 2 unspecified atom stereocenters. The molecule has 3 fully saturated rings. The molecule has 2 atom stereocenters. The Morgan fingerprint density at radius 1 is 1.29 bits per heavy atom. The molecule has 0 aromatic carbocycles. The van der Waals surface area contributed by atoms with Gasteiger partial charge >= 0.3 is 0 Å². The number of piperidine rings is 1. The highest BCUT2D eigenvalue weighted by Crippen LogP contribution is 2.31. The topological polar surface area (TPSA) is 44.8 Å². The van der Waals surface area contributed by atoms with Crippen LogP contribution in [0, 0.1) is 5.41 Å². The first-order valence-corrected chi connectivity index (χ1v) is 8.48. The van der Waals surface area contributed by atoms with Gasteiger partial charge in [0.15, 0.2) is 0 Å². The maximum atomic E-state index is 13.1. The second-order valence-corrected chi connectivity index (χ2v) is 6.93. The van der Waals surface area contributed by atoms with E-state index in [-0.39, 0.29) is 5.41 Å². The Morgan fingerprint density at radius 2 is 2.10 bits per heavy atom. The highest BCUT2D eigenvalue weighted by atomic mass is 16.5. The van der Waals surface area contributed by atoms with Gasteiger partial charge < -0.3 is 15.0 Å². The molecule has 0 bridgehead atoms. The minimum absolute atomic E-state index is 0.318. The van der Waals surface area contributed by atoms with Crippen molar-refractivity contribution in [3.8, 4) is 0 Å². The summed E-state index contributed by atoms with van der Waals surface area (Å²) in [6.45, 7) is 6.53. The molecule has 0 aromatic rings. The van der Waals surface area contributed by atoms with Crippen LogP contribution in [0.1, 0.15) is 32.1 Å². The molecule has 120 valence electrons. The van der Waals surface area contributed by atoms with Gasteiger partial charge in [0.2, 0.25) is 5.91 Å². The second kappa shape index (κ2) is 6.63. The fourth-order valence-electron chi connectivity index (χ4n) is 4.27. The second-order valence-electron chi connectivity index (χ2n) is 6.93. The summed E-state index contributed by atoms with van der Waals surface area (Å²) in [5, 5.41) is 3.35. The lowest BCUT2D eigenvalue weighted by molar-refractivity contribution is -0.146. The van der Waals surface area contributed by atoms with Crippen molar-refractivity contribution in [2.45, 2.75) is 38.1 Å². The van der Waals surface area contributed by atoms with Crippen LogP contribution >= 0.6 is 0 Å². The minimum atomic E-state index is -0.318. The van der Waals surface area contributed by atoms with Crippen LogP contribution in [0.5, 0.6) is 0 Å². The van der Waals surface area contributed by atoms with E-state index in [1.807, 2.05) is 0 Å². The Bertz CT molecular complexity index is 363. The van der Waals surface area contributed by atoms with Crippen LogP contribution in [0.15, 0.2) is 0 Å². The summed E-state index contributed by atoms with van der Waals surface area (Å²) in [4.78, 5) is 17.8. The van der Waals surface area contributed by atoms with E-state index in [4.69, 9.17) is 4.74 Å². The van der Waals surface area contributed by atoms with Crippen molar-refractivity contribution < 1.29 is 9.53 Å². The molecule has 3 saturated heterocycles. The molecule has 5 heteroatoms. The first-order chi connectivity index (χ1) is 10.2. The molecule has 3 aliphatic heterocycles. The number of hydrogen-bond acceptors (Lipinski definition) is 4. The molecule has 3 aliphatic rings. The normalized spacial score (nSPS) is 34.5. The van der Waals surface area contributed by atoms with E-state index in [1.165, 1.54) is 32.4 Å². The summed E-state index contributed by atoms with van der Waals surface area (Å²) in [6, 6.07) is 0.583. The third-order valence-electron chi connectivity index (χ3n) is 5.46. The zero-order valence-corrected chi connectivity index (χ0v) is 13.3. The molecular weight excluding hydrogens is 266 g/mol. The number of hydrogen-bond donors (Lipinski definition) is 1. The van der Waals surface area contributed by atoms with Gasteiger partial charge in [-0.05, 0) is 51.7 Å². The van der Waals surface area contributed by atoms with E-state index >= 15 is 0 Å². The summed E-state index contributed by atoms with van der Waals surface area (Å²) < 4.78 is 5.37. The maximum absolute atomic E-state index is 13.1. The summed E-state index contributed by atoms with van der Waals surface area (Å²) in [5.74, 6) is 0.318. The van der Waals surface area contributed by atoms with Crippen LogP contribution < -0.4 is 5.32 Å². The van der Waals surface area contributed by atoms with Crippen LogP contribution in [0.3, 0.4) is 0 Å². The number of likely N-dealkylation sites (tertiary alicyclic amines) is 2. The molecular formula is C16H29N3O2. The van der Waals surface area contributed by atoms with E-state index in [0.717, 1.165) is 39.0 Å². The zero-order valence-electron chi connectivity index (χ0n) is 13.3. The number of carbonyl (C=O) groups excluding carboxylic acids is 1. The fourth-order valence-corrected chi connectivity index (χ4v) is 4.27. The van der Waals surface area contributed by atoms with Crippen LogP contribution in [-0.2, 0) is 9.53 Å². The Labute approximate surface area is 128 Å². The standard InChI is InChI=1S/C16H29N3O2/c1-21-13-16(6-7-17-12-16)15(20)19-10-4-5-14(11-19)18-8-2-3-9-18/h14,17H,2-13H2,1H3. The highest BCUT2D eigenvalue weighted by Gasteiger charge is 2.45. The Balaban J connectivity index is 1.65. The Morgan fingerprint density at radius 3 is 2.76 bits per heavy atom.